The first-order valence-electron chi connectivity index (χ1n) is 4.69. The molecule has 5 heteroatoms. The van der Waals surface area contributed by atoms with Crippen molar-refractivity contribution >= 4 is 11.7 Å². The number of nitro groups is 1. The fourth-order valence-corrected chi connectivity index (χ4v) is 0.990. The molecule has 0 spiro atoms. The van der Waals surface area contributed by atoms with Gasteiger partial charge in [-0.25, -0.2) is 4.79 Å². The van der Waals surface area contributed by atoms with E-state index in [1.807, 2.05) is 0 Å². The molecule has 0 unspecified atom stereocenters. The predicted octanol–water partition coefficient (Wildman–Crippen LogP) is 2.35. The molecule has 0 fully saturated rings. The van der Waals surface area contributed by atoms with Crippen molar-refractivity contribution in [3.8, 4) is 0 Å². The van der Waals surface area contributed by atoms with Crippen molar-refractivity contribution in [2.75, 3.05) is 0 Å². The maximum absolute atomic E-state index is 11.5. The van der Waals surface area contributed by atoms with Crippen LogP contribution in [0.25, 0.3) is 0 Å². The maximum atomic E-state index is 11.5. The lowest BCUT2D eigenvalue weighted by molar-refractivity contribution is -0.384. The van der Waals surface area contributed by atoms with E-state index in [0.717, 1.165) is 6.07 Å². The Hall–Kier alpha value is -1.91. The van der Waals surface area contributed by atoms with Crippen LogP contribution in [0.1, 0.15) is 31.1 Å². The Bertz CT molecular complexity index is 403. The number of nitro benzene ring substituents is 1. The smallest absolute Gasteiger partial charge is 0.339 e. The highest BCUT2D eigenvalue weighted by Crippen LogP contribution is 2.15. The van der Waals surface area contributed by atoms with Crippen LogP contribution >= 0.6 is 0 Å². The zero-order valence-corrected chi connectivity index (χ0v) is 9.31. The molecule has 1 radical (unpaired) electrons. The highest BCUT2D eigenvalue weighted by atomic mass is 16.6. The second-order valence-electron chi connectivity index (χ2n) is 4.22. The zero-order valence-electron chi connectivity index (χ0n) is 9.31. The lowest BCUT2D eigenvalue weighted by Crippen LogP contribution is -2.23. The van der Waals surface area contributed by atoms with Crippen LogP contribution in [0.5, 0.6) is 0 Å². The Labute approximate surface area is 93.2 Å². The molecule has 0 N–H and O–H groups in total. The molecule has 0 heterocycles. The van der Waals surface area contributed by atoms with Crippen molar-refractivity contribution in [2.45, 2.75) is 26.4 Å². The van der Waals surface area contributed by atoms with Crippen molar-refractivity contribution in [3.63, 3.8) is 0 Å². The van der Waals surface area contributed by atoms with Gasteiger partial charge in [0.25, 0.3) is 5.69 Å². The quantitative estimate of drug-likeness (QED) is 0.437. The molecule has 1 rings (SSSR count). The fourth-order valence-electron chi connectivity index (χ4n) is 0.990. The van der Waals surface area contributed by atoms with Gasteiger partial charge in [-0.3, -0.25) is 10.1 Å². The van der Waals surface area contributed by atoms with Crippen molar-refractivity contribution < 1.29 is 14.5 Å². The molecule has 0 aromatic heterocycles. The molecule has 0 amide bonds. The monoisotopic (exact) mass is 222 g/mol. The van der Waals surface area contributed by atoms with Gasteiger partial charge in [-0.2, -0.15) is 0 Å². The lowest BCUT2D eigenvalue weighted by Gasteiger charge is -2.19. The summed E-state index contributed by atoms with van der Waals surface area (Å²) >= 11 is 0. The molecule has 5 nitrogen and oxygen atoms in total. The Morgan fingerprint density at radius 2 is 2.06 bits per heavy atom. The molecule has 16 heavy (non-hydrogen) atoms. The highest BCUT2D eigenvalue weighted by molar-refractivity contribution is 5.89. The predicted molar refractivity (Wildman–Crippen MR) is 57.1 cm³/mol. The van der Waals surface area contributed by atoms with Crippen LogP contribution < -0.4 is 0 Å². The van der Waals surface area contributed by atoms with E-state index in [4.69, 9.17) is 4.74 Å². The number of carbonyl (C=O) groups excluding carboxylic acids is 1. The summed E-state index contributed by atoms with van der Waals surface area (Å²) in [5.41, 5.74) is -0.514. The largest absolute Gasteiger partial charge is 0.456 e. The number of rotatable bonds is 2. The highest BCUT2D eigenvalue weighted by Gasteiger charge is 2.18. The average Bonchev–Trinajstić information content (AvgIpc) is 2.15. The number of non-ortho nitro benzene ring substituents is 1. The fraction of sp³-hybridized carbons (Fsp3) is 0.364. The molecule has 1 aromatic rings. The Morgan fingerprint density at radius 1 is 1.44 bits per heavy atom. The molecule has 0 atom stereocenters. The van der Waals surface area contributed by atoms with Gasteiger partial charge >= 0.3 is 5.97 Å². The number of carbonyl (C=O) groups is 1. The molecule has 0 aliphatic carbocycles. The van der Waals surface area contributed by atoms with E-state index in [1.54, 1.807) is 20.8 Å². The molecule has 0 saturated carbocycles. The van der Waals surface area contributed by atoms with Crippen LogP contribution in [0.3, 0.4) is 0 Å². The summed E-state index contributed by atoms with van der Waals surface area (Å²) in [6.45, 7) is 5.24. The molecule has 0 saturated heterocycles. The van der Waals surface area contributed by atoms with E-state index in [0.29, 0.717) is 0 Å². The minimum Gasteiger partial charge on any atom is -0.456 e. The summed E-state index contributed by atoms with van der Waals surface area (Å²) in [4.78, 5) is 21.4. The first-order chi connectivity index (χ1) is 7.29. The van der Waals surface area contributed by atoms with Gasteiger partial charge in [0.15, 0.2) is 0 Å². The molecule has 85 valence electrons. The first-order valence-corrected chi connectivity index (χ1v) is 4.69. The van der Waals surface area contributed by atoms with Crippen LogP contribution in [0.2, 0.25) is 0 Å². The second-order valence-corrected chi connectivity index (χ2v) is 4.22. The first kappa shape index (κ1) is 12.2. The third-order valence-corrected chi connectivity index (χ3v) is 1.63. The van der Waals surface area contributed by atoms with Crippen LogP contribution in [0.4, 0.5) is 5.69 Å². The number of hydrogen-bond donors (Lipinski definition) is 0. The molecular formula is C11H12NO4. The van der Waals surface area contributed by atoms with E-state index in [2.05, 4.69) is 6.07 Å². The van der Waals surface area contributed by atoms with Gasteiger partial charge < -0.3 is 4.74 Å². The van der Waals surface area contributed by atoms with Crippen molar-refractivity contribution in [3.05, 3.63) is 39.9 Å². The molecule has 0 aliphatic rings. The van der Waals surface area contributed by atoms with E-state index in [9.17, 15) is 14.9 Å². The van der Waals surface area contributed by atoms with E-state index in [1.165, 1.54) is 12.1 Å². The van der Waals surface area contributed by atoms with Gasteiger partial charge in [-0.1, -0.05) is 0 Å². The zero-order chi connectivity index (χ0) is 12.3. The summed E-state index contributed by atoms with van der Waals surface area (Å²) in [6.07, 6.45) is 0. The molecule has 0 bridgehead atoms. The molecule has 0 aliphatic heterocycles. The van der Waals surface area contributed by atoms with E-state index < -0.39 is 16.5 Å². The Morgan fingerprint density at radius 3 is 2.44 bits per heavy atom. The minimum absolute atomic E-state index is 0.104. The Balaban J connectivity index is 2.82. The standard InChI is InChI=1S/C11H12NO4/c1-11(2,3)16-10(13)8-4-6-9(7-5-8)12(14)15/h4,6-7H,1-3H3. The van der Waals surface area contributed by atoms with Gasteiger partial charge in [0.2, 0.25) is 0 Å². The summed E-state index contributed by atoms with van der Waals surface area (Å²) in [6, 6.07) is 6.25. The van der Waals surface area contributed by atoms with Crippen LogP contribution in [-0.4, -0.2) is 16.5 Å². The van der Waals surface area contributed by atoms with Crippen molar-refractivity contribution in [1.82, 2.24) is 0 Å². The number of benzene rings is 1. The SMILES string of the molecule is CC(C)(C)OC(=O)c1[c]cc([N+](=O)[O-])cc1. The number of ether oxygens (including phenoxy) is 1. The Kier molecular flexibility index (Phi) is 3.27. The maximum Gasteiger partial charge on any atom is 0.339 e. The van der Waals surface area contributed by atoms with Crippen molar-refractivity contribution in [2.24, 2.45) is 0 Å². The number of hydrogen-bond acceptors (Lipinski definition) is 4. The third kappa shape index (κ3) is 3.34. The number of nitrogens with zero attached hydrogens (tertiary/aromatic N) is 1. The molecular weight excluding hydrogens is 210 g/mol. The van der Waals surface area contributed by atoms with Gasteiger partial charge in [0, 0.05) is 18.2 Å². The van der Waals surface area contributed by atoms with Crippen molar-refractivity contribution in [1.29, 1.82) is 0 Å². The molecule has 1 aromatic carbocycles. The normalized spacial score (nSPS) is 10.9. The van der Waals surface area contributed by atoms with E-state index >= 15 is 0 Å². The summed E-state index contributed by atoms with van der Waals surface area (Å²) in [7, 11) is 0. The van der Waals surface area contributed by atoms with Gasteiger partial charge in [0.1, 0.15) is 5.60 Å². The third-order valence-electron chi connectivity index (χ3n) is 1.63. The summed E-state index contributed by atoms with van der Waals surface area (Å²) < 4.78 is 5.08. The summed E-state index contributed by atoms with van der Waals surface area (Å²) in [5.74, 6) is -0.539. The van der Waals surface area contributed by atoms with Gasteiger partial charge in [0.05, 0.1) is 10.5 Å². The van der Waals surface area contributed by atoms with E-state index in [-0.39, 0.29) is 11.3 Å². The lowest BCUT2D eigenvalue weighted by atomic mass is 10.1. The summed E-state index contributed by atoms with van der Waals surface area (Å²) in [5, 5.41) is 10.4. The van der Waals surface area contributed by atoms with Crippen LogP contribution in [0, 0.1) is 16.2 Å². The van der Waals surface area contributed by atoms with Gasteiger partial charge in [-0.15, -0.1) is 0 Å². The second kappa shape index (κ2) is 4.30. The van der Waals surface area contributed by atoms with Crippen LogP contribution in [-0.2, 0) is 4.74 Å². The minimum atomic E-state index is -0.591. The van der Waals surface area contributed by atoms with Gasteiger partial charge in [-0.05, 0) is 26.8 Å². The topological polar surface area (TPSA) is 69.4 Å². The average molecular weight is 222 g/mol. The van der Waals surface area contributed by atoms with Crippen LogP contribution in [0.15, 0.2) is 18.2 Å². The number of esters is 1.